The number of rotatable bonds is 9. The number of halogens is 1. The lowest BCUT2D eigenvalue weighted by molar-refractivity contribution is -0.121. The van der Waals surface area contributed by atoms with Crippen LogP contribution in [0.15, 0.2) is 59.5 Å². The van der Waals surface area contributed by atoms with Gasteiger partial charge in [-0.2, -0.15) is 0 Å². The third-order valence-corrected chi connectivity index (χ3v) is 5.52. The standard InChI is InChI=1S/C19H24FN3O3S/c1-23(2)18(15-7-6-8-16(20)13-15)14-21-19(24)11-12-22-27(25,26)17-9-4-3-5-10-17/h3-10,13,18,22H,11-12,14H2,1-2H3,(H,21,24). The van der Waals surface area contributed by atoms with Crippen LogP contribution >= 0.6 is 0 Å². The molecule has 0 aromatic heterocycles. The summed E-state index contributed by atoms with van der Waals surface area (Å²) in [4.78, 5) is 14.1. The van der Waals surface area contributed by atoms with Crippen LogP contribution in [0.5, 0.6) is 0 Å². The first-order chi connectivity index (χ1) is 12.8. The van der Waals surface area contributed by atoms with Crippen LogP contribution in [0.2, 0.25) is 0 Å². The van der Waals surface area contributed by atoms with Gasteiger partial charge >= 0.3 is 0 Å². The van der Waals surface area contributed by atoms with Crippen LogP contribution < -0.4 is 10.0 Å². The fourth-order valence-electron chi connectivity index (χ4n) is 2.59. The highest BCUT2D eigenvalue weighted by Crippen LogP contribution is 2.18. The van der Waals surface area contributed by atoms with Gasteiger partial charge < -0.3 is 10.2 Å². The molecule has 1 unspecified atom stereocenters. The third-order valence-electron chi connectivity index (χ3n) is 4.05. The lowest BCUT2D eigenvalue weighted by atomic mass is 10.1. The van der Waals surface area contributed by atoms with Gasteiger partial charge in [-0.3, -0.25) is 4.79 Å². The van der Waals surface area contributed by atoms with Crippen LogP contribution in [0, 0.1) is 5.82 Å². The highest BCUT2D eigenvalue weighted by atomic mass is 32.2. The molecular formula is C19H24FN3O3S. The van der Waals surface area contributed by atoms with E-state index in [0.717, 1.165) is 5.56 Å². The van der Waals surface area contributed by atoms with E-state index in [9.17, 15) is 17.6 Å². The molecule has 6 nitrogen and oxygen atoms in total. The van der Waals surface area contributed by atoms with E-state index in [4.69, 9.17) is 0 Å². The largest absolute Gasteiger partial charge is 0.354 e. The van der Waals surface area contributed by atoms with Gasteiger partial charge in [-0.05, 0) is 43.9 Å². The third kappa shape index (κ3) is 6.42. The molecule has 27 heavy (non-hydrogen) atoms. The Morgan fingerprint density at radius 1 is 1.11 bits per heavy atom. The second-order valence-corrected chi connectivity index (χ2v) is 8.07. The first kappa shape index (κ1) is 21.0. The van der Waals surface area contributed by atoms with E-state index in [1.807, 2.05) is 19.0 Å². The number of amides is 1. The van der Waals surface area contributed by atoms with Crippen molar-refractivity contribution in [3.05, 3.63) is 66.0 Å². The molecule has 1 atom stereocenters. The summed E-state index contributed by atoms with van der Waals surface area (Å²) in [5.41, 5.74) is 0.755. The number of nitrogens with one attached hydrogen (secondary N) is 2. The summed E-state index contributed by atoms with van der Waals surface area (Å²) in [6.07, 6.45) is 0.00929. The minimum absolute atomic E-state index is 0.00431. The van der Waals surface area contributed by atoms with Crippen molar-refractivity contribution in [3.8, 4) is 0 Å². The molecule has 0 aliphatic carbocycles. The predicted molar refractivity (Wildman–Crippen MR) is 102 cm³/mol. The fourth-order valence-corrected chi connectivity index (χ4v) is 3.65. The van der Waals surface area contributed by atoms with Crippen LogP contribution in [0.4, 0.5) is 4.39 Å². The Balaban J connectivity index is 1.84. The van der Waals surface area contributed by atoms with E-state index in [1.165, 1.54) is 24.3 Å². The fraction of sp³-hybridized carbons (Fsp3) is 0.316. The molecule has 0 fully saturated rings. The maximum Gasteiger partial charge on any atom is 0.240 e. The van der Waals surface area contributed by atoms with E-state index < -0.39 is 10.0 Å². The molecule has 0 spiro atoms. The molecule has 0 saturated heterocycles. The van der Waals surface area contributed by atoms with Gasteiger partial charge in [-0.1, -0.05) is 30.3 Å². The molecule has 0 aliphatic rings. The molecule has 1 amide bonds. The highest BCUT2D eigenvalue weighted by Gasteiger charge is 2.17. The van der Waals surface area contributed by atoms with Crippen LogP contribution in [0.25, 0.3) is 0 Å². The minimum Gasteiger partial charge on any atom is -0.354 e. The van der Waals surface area contributed by atoms with E-state index in [2.05, 4.69) is 10.0 Å². The zero-order chi connectivity index (χ0) is 19.9. The number of benzene rings is 2. The molecule has 0 saturated carbocycles. The van der Waals surface area contributed by atoms with Crippen molar-refractivity contribution >= 4 is 15.9 Å². The van der Waals surface area contributed by atoms with Gasteiger partial charge in [0, 0.05) is 19.5 Å². The first-order valence-corrected chi connectivity index (χ1v) is 10.0. The molecule has 0 bridgehead atoms. The van der Waals surface area contributed by atoms with Gasteiger partial charge in [0.1, 0.15) is 5.82 Å². The Hall–Kier alpha value is -2.29. The first-order valence-electron chi connectivity index (χ1n) is 8.53. The Bertz CT molecular complexity index is 858. The number of carbonyl (C=O) groups excluding carboxylic acids is 1. The lowest BCUT2D eigenvalue weighted by Crippen LogP contribution is -2.36. The molecule has 2 N–H and O–H groups in total. The van der Waals surface area contributed by atoms with Crippen molar-refractivity contribution in [1.29, 1.82) is 0 Å². The van der Waals surface area contributed by atoms with Crippen molar-refractivity contribution in [1.82, 2.24) is 14.9 Å². The average Bonchev–Trinajstić information content (AvgIpc) is 2.62. The molecule has 2 rings (SSSR count). The summed E-state index contributed by atoms with van der Waals surface area (Å²) in [5, 5.41) is 2.77. The van der Waals surface area contributed by atoms with Crippen molar-refractivity contribution in [2.24, 2.45) is 0 Å². The number of hydrogen-bond acceptors (Lipinski definition) is 4. The maximum absolute atomic E-state index is 13.4. The van der Waals surface area contributed by atoms with Gasteiger partial charge in [0.15, 0.2) is 0 Å². The van der Waals surface area contributed by atoms with Crippen LogP contribution in [0.3, 0.4) is 0 Å². The summed E-state index contributed by atoms with van der Waals surface area (Å²) < 4.78 is 40.0. The van der Waals surface area contributed by atoms with Crippen molar-refractivity contribution in [2.75, 3.05) is 27.2 Å². The summed E-state index contributed by atoms with van der Waals surface area (Å²) in [6.45, 7) is 0.288. The molecule has 146 valence electrons. The van der Waals surface area contributed by atoms with E-state index in [-0.39, 0.29) is 35.6 Å². The summed E-state index contributed by atoms with van der Waals surface area (Å²) >= 11 is 0. The monoisotopic (exact) mass is 393 g/mol. The van der Waals surface area contributed by atoms with E-state index in [1.54, 1.807) is 30.3 Å². The second-order valence-electron chi connectivity index (χ2n) is 6.30. The maximum atomic E-state index is 13.4. The number of likely N-dealkylation sites (N-methyl/N-ethyl adjacent to an activating group) is 1. The Kier molecular flexibility index (Phi) is 7.46. The zero-order valence-corrected chi connectivity index (χ0v) is 16.2. The lowest BCUT2D eigenvalue weighted by Gasteiger charge is -2.25. The van der Waals surface area contributed by atoms with Gasteiger partial charge in [0.2, 0.25) is 15.9 Å². The number of hydrogen-bond donors (Lipinski definition) is 2. The molecule has 8 heteroatoms. The van der Waals surface area contributed by atoms with Gasteiger partial charge in [0.25, 0.3) is 0 Å². The number of sulfonamides is 1. The van der Waals surface area contributed by atoms with E-state index >= 15 is 0 Å². The predicted octanol–water partition coefficient (Wildman–Crippen LogP) is 1.91. The summed E-state index contributed by atoms with van der Waals surface area (Å²) in [7, 11) is 0.0576. The average molecular weight is 393 g/mol. The highest BCUT2D eigenvalue weighted by molar-refractivity contribution is 7.89. The molecule has 0 aliphatic heterocycles. The van der Waals surface area contributed by atoms with Crippen LogP contribution in [-0.2, 0) is 14.8 Å². The summed E-state index contributed by atoms with van der Waals surface area (Å²) in [5.74, 6) is -0.616. The molecule has 0 heterocycles. The number of carbonyl (C=O) groups is 1. The van der Waals surface area contributed by atoms with Crippen LogP contribution in [-0.4, -0.2) is 46.4 Å². The Labute approximate surface area is 159 Å². The van der Waals surface area contributed by atoms with Crippen molar-refractivity contribution < 1.29 is 17.6 Å². The van der Waals surface area contributed by atoms with Gasteiger partial charge in [-0.25, -0.2) is 17.5 Å². The second kappa shape index (κ2) is 9.59. The SMILES string of the molecule is CN(C)C(CNC(=O)CCNS(=O)(=O)c1ccccc1)c1cccc(F)c1. The normalized spacial score (nSPS) is 12.7. The van der Waals surface area contributed by atoms with Gasteiger partial charge in [0.05, 0.1) is 10.9 Å². The topological polar surface area (TPSA) is 78.5 Å². The van der Waals surface area contributed by atoms with Crippen LogP contribution in [0.1, 0.15) is 18.0 Å². The van der Waals surface area contributed by atoms with Crippen molar-refractivity contribution in [2.45, 2.75) is 17.4 Å². The molecular weight excluding hydrogens is 369 g/mol. The molecule has 2 aromatic carbocycles. The quantitative estimate of drug-likeness (QED) is 0.682. The molecule has 0 radical (unpaired) electrons. The summed E-state index contributed by atoms with van der Waals surface area (Å²) in [6, 6.07) is 14.0. The minimum atomic E-state index is -3.63. The Morgan fingerprint density at radius 3 is 2.44 bits per heavy atom. The zero-order valence-electron chi connectivity index (χ0n) is 15.4. The molecule has 2 aromatic rings. The number of nitrogens with zero attached hydrogens (tertiary/aromatic N) is 1. The van der Waals surface area contributed by atoms with E-state index in [0.29, 0.717) is 6.54 Å². The smallest absolute Gasteiger partial charge is 0.240 e. The van der Waals surface area contributed by atoms with Gasteiger partial charge in [-0.15, -0.1) is 0 Å². The van der Waals surface area contributed by atoms with Crippen molar-refractivity contribution in [3.63, 3.8) is 0 Å². The Morgan fingerprint density at radius 2 is 1.81 bits per heavy atom.